The molecule has 0 radical (unpaired) electrons. The summed E-state index contributed by atoms with van der Waals surface area (Å²) in [6.07, 6.45) is 0. The number of carbonyl (C=O) groups is 3. The van der Waals surface area contributed by atoms with Gasteiger partial charge in [-0.3, -0.25) is 14.4 Å². The molecule has 1 atom stereocenters. The van der Waals surface area contributed by atoms with Crippen LogP contribution in [0, 0.1) is 6.92 Å². The lowest BCUT2D eigenvalue weighted by molar-refractivity contribution is -0.114. The van der Waals surface area contributed by atoms with Gasteiger partial charge in [0.2, 0.25) is 5.91 Å². The lowest BCUT2D eigenvalue weighted by Crippen LogP contribution is -2.21. The average Bonchev–Trinajstić information content (AvgIpc) is 3.35. The van der Waals surface area contributed by atoms with Crippen LogP contribution in [0.25, 0.3) is 10.1 Å². The zero-order valence-electron chi connectivity index (χ0n) is 18.1. The molecule has 3 amide bonds. The highest BCUT2D eigenvalue weighted by Crippen LogP contribution is 2.40. The van der Waals surface area contributed by atoms with Gasteiger partial charge in [0.1, 0.15) is 0 Å². The Labute approximate surface area is 194 Å². The highest BCUT2D eigenvalue weighted by molar-refractivity contribution is 7.17. The van der Waals surface area contributed by atoms with E-state index in [-0.39, 0.29) is 17.7 Å². The molecule has 0 saturated heterocycles. The summed E-state index contributed by atoms with van der Waals surface area (Å²) in [5.41, 5.74) is 4.61. The van der Waals surface area contributed by atoms with Crippen LogP contribution in [0.4, 0.5) is 11.4 Å². The molecule has 3 aromatic carbocycles. The number of anilines is 2. The van der Waals surface area contributed by atoms with E-state index in [9.17, 15) is 14.4 Å². The highest BCUT2D eigenvalue weighted by Gasteiger charge is 2.34. The molecule has 0 bridgehead atoms. The lowest BCUT2D eigenvalue weighted by atomic mass is 9.93. The minimum absolute atomic E-state index is 0.248. The topological polar surface area (TPSA) is 87.3 Å². The summed E-state index contributed by atoms with van der Waals surface area (Å²) in [5, 5.41) is 11.5. The van der Waals surface area contributed by atoms with Crippen molar-refractivity contribution in [2.24, 2.45) is 0 Å². The van der Waals surface area contributed by atoms with E-state index in [4.69, 9.17) is 0 Å². The maximum Gasteiger partial charge on any atom is 0.257 e. The van der Waals surface area contributed by atoms with E-state index in [1.165, 1.54) is 18.3 Å². The number of amides is 3. The van der Waals surface area contributed by atoms with Crippen LogP contribution in [0.3, 0.4) is 0 Å². The third kappa shape index (κ3) is 3.76. The number of nitrogens with one attached hydrogen (secondary N) is 3. The van der Waals surface area contributed by atoms with Crippen molar-refractivity contribution in [2.75, 3.05) is 10.6 Å². The van der Waals surface area contributed by atoms with Crippen molar-refractivity contribution in [2.45, 2.75) is 19.9 Å². The largest absolute Gasteiger partial charge is 0.341 e. The first kappa shape index (κ1) is 20.9. The molecule has 2 heterocycles. The number of thiophene rings is 1. The average molecular weight is 456 g/mol. The van der Waals surface area contributed by atoms with Crippen LogP contribution in [-0.4, -0.2) is 17.7 Å². The zero-order chi connectivity index (χ0) is 23.1. The van der Waals surface area contributed by atoms with Crippen molar-refractivity contribution in [3.8, 4) is 0 Å². The number of hydrogen-bond donors (Lipinski definition) is 3. The number of aryl methyl sites for hydroxylation is 1. The summed E-state index contributed by atoms with van der Waals surface area (Å²) in [5.74, 6) is -0.774. The minimum Gasteiger partial charge on any atom is -0.341 e. The molecule has 0 spiro atoms. The number of hydrogen-bond acceptors (Lipinski definition) is 4. The van der Waals surface area contributed by atoms with E-state index in [2.05, 4.69) is 16.0 Å². The highest BCUT2D eigenvalue weighted by atomic mass is 32.1. The fraction of sp³-hybridized carbons (Fsp3) is 0.115. The first-order chi connectivity index (χ1) is 15.9. The number of rotatable bonds is 4. The van der Waals surface area contributed by atoms with Gasteiger partial charge < -0.3 is 16.0 Å². The Morgan fingerprint density at radius 1 is 1.00 bits per heavy atom. The molecule has 1 aliphatic rings. The summed E-state index contributed by atoms with van der Waals surface area (Å²) in [6.45, 7) is 3.39. The number of benzene rings is 3. The van der Waals surface area contributed by atoms with E-state index >= 15 is 0 Å². The molecule has 164 valence electrons. The van der Waals surface area contributed by atoms with Crippen molar-refractivity contribution in [3.63, 3.8) is 0 Å². The third-order valence-corrected chi connectivity index (χ3v) is 6.75. The molecule has 7 heteroatoms. The maximum absolute atomic E-state index is 13.3. The summed E-state index contributed by atoms with van der Waals surface area (Å²) in [7, 11) is 0. The first-order valence-corrected chi connectivity index (χ1v) is 11.4. The van der Waals surface area contributed by atoms with Gasteiger partial charge in [0.05, 0.1) is 11.6 Å². The SMILES string of the molecule is CC(=O)Nc1cc(NC(=O)c2csc3ccccc23)c2c(c1)C(=O)NC2c1ccccc1C. The van der Waals surface area contributed by atoms with Gasteiger partial charge in [0.15, 0.2) is 0 Å². The quantitative estimate of drug-likeness (QED) is 0.393. The first-order valence-electron chi connectivity index (χ1n) is 10.5. The maximum atomic E-state index is 13.3. The van der Waals surface area contributed by atoms with Gasteiger partial charge in [-0.1, -0.05) is 42.5 Å². The lowest BCUT2D eigenvalue weighted by Gasteiger charge is -2.19. The predicted molar refractivity (Wildman–Crippen MR) is 131 cm³/mol. The Morgan fingerprint density at radius 3 is 2.55 bits per heavy atom. The summed E-state index contributed by atoms with van der Waals surface area (Å²) in [4.78, 5) is 37.9. The van der Waals surface area contributed by atoms with Crippen LogP contribution >= 0.6 is 11.3 Å². The molecule has 1 aliphatic heterocycles. The van der Waals surface area contributed by atoms with E-state index in [1.54, 1.807) is 12.1 Å². The smallest absolute Gasteiger partial charge is 0.257 e. The molecule has 5 rings (SSSR count). The van der Waals surface area contributed by atoms with Gasteiger partial charge in [-0.25, -0.2) is 0 Å². The Kier molecular flexibility index (Phi) is 5.18. The second kappa shape index (κ2) is 8.18. The van der Waals surface area contributed by atoms with Gasteiger partial charge >= 0.3 is 0 Å². The van der Waals surface area contributed by atoms with E-state index in [1.807, 2.05) is 60.8 Å². The van der Waals surface area contributed by atoms with Gasteiger partial charge in [-0.15, -0.1) is 11.3 Å². The fourth-order valence-corrected chi connectivity index (χ4v) is 5.24. The molecule has 3 N–H and O–H groups in total. The molecule has 6 nitrogen and oxygen atoms in total. The number of fused-ring (bicyclic) bond motifs is 2. The molecule has 0 saturated carbocycles. The Hall–Kier alpha value is -3.97. The van der Waals surface area contributed by atoms with Gasteiger partial charge in [0, 0.05) is 44.9 Å². The van der Waals surface area contributed by atoms with Crippen molar-refractivity contribution in [1.82, 2.24) is 5.32 Å². The van der Waals surface area contributed by atoms with E-state index in [0.29, 0.717) is 28.1 Å². The zero-order valence-corrected chi connectivity index (χ0v) is 18.9. The summed E-state index contributed by atoms with van der Waals surface area (Å²) in [6, 6.07) is 18.5. The monoisotopic (exact) mass is 455 g/mol. The Morgan fingerprint density at radius 2 is 1.76 bits per heavy atom. The standard InChI is InChI=1S/C26H21N3O3S/c1-14-7-3-4-8-17(14)24-23-19(25(31)29-24)11-16(27-15(2)30)12-21(23)28-26(32)20-13-33-22-10-6-5-9-18(20)22/h3-13,24H,1-2H3,(H,27,30)(H,28,32)(H,29,31). The molecular formula is C26H21N3O3S. The molecule has 0 aliphatic carbocycles. The van der Waals surface area contributed by atoms with Crippen LogP contribution in [0.2, 0.25) is 0 Å². The molecule has 4 aromatic rings. The van der Waals surface area contributed by atoms with Crippen molar-refractivity contribution in [1.29, 1.82) is 0 Å². The van der Waals surface area contributed by atoms with E-state index in [0.717, 1.165) is 21.2 Å². The molecular weight excluding hydrogens is 434 g/mol. The Balaban J connectivity index is 1.62. The van der Waals surface area contributed by atoms with Crippen LogP contribution < -0.4 is 16.0 Å². The van der Waals surface area contributed by atoms with Crippen LogP contribution in [0.1, 0.15) is 50.4 Å². The normalized spacial score (nSPS) is 14.6. The van der Waals surface area contributed by atoms with E-state index < -0.39 is 6.04 Å². The second-order valence-corrected chi connectivity index (χ2v) is 8.94. The van der Waals surface area contributed by atoms with Crippen LogP contribution in [0.15, 0.2) is 66.0 Å². The fourth-order valence-electron chi connectivity index (χ4n) is 4.30. The van der Waals surface area contributed by atoms with Crippen molar-refractivity contribution in [3.05, 3.63) is 93.9 Å². The second-order valence-electron chi connectivity index (χ2n) is 8.03. The summed E-state index contributed by atoms with van der Waals surface area (Å²) >= 11 is 1.51. The number of carbonyl (C=O) groups excluding carboxylic acids is 3. The van der Waals surface area contributed by atoms with Gasteiger partial charge in [-0.05, 0) is 36.2 Å². The van der Waals surface area contributed by atoms with Crippen LogP contribution in [-0.2, 0) is 4.79 Å². The third-order valence-electron chi connectivity index (χ3n) is 5.78. The molecule has 1 aromatic heterocycles. The van der Waals surface area contributed by atoms with Crippen LogP contribution in [0.5, 0.6) is 0 Å². The molecule has 0 fully saturated rings. The molecule has 33 heavy (non-hydrogen) atoms. The van der Waals surface area contributed by atoms with Crippen molar-refractivity contribution >= 4 is 50.5 Å². The molecule has 1 unspecified atom stereocenters. The van der Waals surface area contributed by atoms with Gasteiger partial charge in [-0.2, -0.15) is 0 Å². The van der Waals surface area contributed by atoms with Gasteiger partial charge in [0.25, 0.3) is 11.8 Å². The summed E-state index contributed by atoms with van der Waals surface area (Å²) < 4.78 is 1.02. The Bertz CT molecular complexity index is 1440. The predicted octanol–water partition coefficient (Wildman–Crippen LogP) is 5.25. The van der Waals surface area contributed by atoms with Crippen molar-refractivity contribution < 1.29 is 14.4 Å². The minimum atomic E-state index is -0.408.